The van der Waals surface area contributed by atoms with E-state index in [4.69, 9.17) is 4.74 Å². The van der Waals surface area contributed by atoms with Crippen molar-refractivity contribution in [1.82, 2.24) is 5.32 Å². The van der Waals surface area contributed by atoms with Crippen molar-refractivity contribution in [2.45, 2.75) is 32.3 Å². The van der Waals surface area contributed by atoms with Crippen LogP contribution in [0.3, 0.4) is 0 Å². The Morgan fingerprint density at radius 3 is 2.50 bits per heavy atom. The summed E-state index contributed by atoms with van der Waals surface area (Å²) in [7, 11) is 0. The number of amides is 1. The molecule has 7 heteroatoms. The average Bonchev–Trinajstić information content (AvgIpc) is 2.28. The molecule has 0 aliphatic heterocycles. The second-order valence-corrected chi connectivity index (χ2v) is 6.02. The lowest BCUT2D eigenvalue weighted by Crippen LogP contribution is -2.39. The molecule has 3 nitrogen and oxygen atoms in total. The first-order chi connectivity index (χ1) is 9.03. The third-order valence-corrected chi connectivity index (χ3v) is 2.81. The predicted octanol–water partition coefficient (Wildman–Crippen LogP) is 4.20. The molecule has 1 aromatic carbocycles. The van der Waals surface area contributed by atoms with Crippen LogP contribution in [-0.2, 0) is 10.7 Å². The standard InChI is InChI=1S/C13H15BrF3NO2/c1-12(2,3)20-11(19)18-7-13(16,17)8-5-4-6-9(14)10(8)15/h4-6H,7H2,1-3H3,(H,18,19). The monoisotopic (exact) mass is 353 g/mol. The van der Waals surface area contributed by atoms with Gasteiger partial charge in [0, 0.05) is 0 Å². The van der Waals surface area contributed by atoms with Gasteiger partial charge in [-0.2, -0.15) is 8.78 Å². The highest BCUT2D eigenvalue weighted by Gasteiger charge is 2.36. The van der Waals surface area contributed by atoms with Crippen molar-refractivity contribution in [3.8, 4) is 0 Å². The second-order valence-electron chi connectivity index (χ2n) is 5.16. The Balaban J connectivity index is 2.75. The molecule has 0 radical (unpaired) electrons. The van der Waals surface area contributed by atoms with Crippen LogP contribution in [0.15, 0.2) is 22.7 Å². The van der Waals surface area contributed by atoms with Gasteiger partial charge in [0.15, 0.2) is 0 Å². The van der Waals surface area contributed by atoms with Crippen LogP contribution in [0.2, 0.25) is 0 Å². The van der Waals surface area contributed by atoms with Gasteiger partial charge in [-0.15, -0.1) is 0 Å². The summed E-state index contributed by atoms with van der Waals surface area (Å²) in [4.78, 5) is 11.3. The molecule has 1 aromatic rings. The van der Waals surface area contributed by atoms with Crippen LogP contribution >= 0.6 is 15.9 Å². The second kappa shape index (κ2) is 6.03. The van der Waals surface area contributed by atoms with Crippen molar-refractivity contribution in [1.29, 1.82) is 0 Å². The van der Waals surface area contributed by atoms with Crippen LogP contribution in [0, 0.1) is 5.82 Å². The smallest absolute Gasteiger partial charge is 0.407 e. The van der Waals surface area contributed by atoms with Gasteiger partial charge >= 0.3 is 6.09 Å². The van der Waals surface area contributed by atoms with Crippen molar-refractivity contribution < 1.29 is 22.7 Å². The van der Waals surface area contributed by atoms with E-state index in [1.54, 1.807) is 20.8 Å². The molecule has 0 spiro atoms. The fourth-order valence-electron chi connectivity index (χ4n) is 1.38. The van der Waals surface area contributed by atoms with Crippen LogP contribution in [0.4, 0.5) is 18.0 Å². The Kier molecular flexibility index (Phi) is 5.07. The zero-order valence-corrected chi connectivity index (χ0v) is 12.9. The lowest BCUT2D eigenvalue weighted by atomic mass is 10.1. The van der Waals surface area contributed by atoms with Gasteiger partial charge < -0.3 is 10.1 Å². The van der Waals surface area contributed by atoms with Crippen molar-refractivity contribution >= 4 is 22.0 Å². The Morgan fingerprint density at radius 1 is 1.35 bits per heavy atom. The summed E-state index contributed by atoms with van der Waals surface area (Å²) in [5.74, 6) is -4.59. The van der Waals surface area contributed by atoms with E-state index in [0.29, 0.717) is 0 Å². The van der Waals surface area contributed by atoms with E-state index >= 15 is 0 Å². The molecular weight excluding hydrogens is 339 g/mol. The summed E-state index contributed by atoms with van der Waals surface area (Å²) < 4.78 is 46.1. The largest absolute Gasteiger partial charge is 0.444 e. The molecular formula is C13H15BrF3NO2. The highest BCUT2D eigenvalue weighted by atomic mass is 79.9. The Labute approximate surface area is 123 Å². The highest BCUT2D eigenvalue weighted by Crippen LogP contribution is 2.32. The summed E-state index contributed by atoms with van der Waals surface area (Å²) in [6.07, 6.45) is -0.979. The fraction of sp³-hybridized carbons (Fsp3) is 0.462. The van der Waals surface area contributed by atoms with Gasteiger partial charge in [0.25, 0.3) is 5.92 Å². The summed E-state index contributed by atoms with van der Waals surface area (Å²) in [5, 5.41) is 1.93. The third kappa shape index (κ3) is 4.70. The minimum absolute atomic E-state index is 0.0630. The van der Waals surface area contributed by atoms with Gasteiger partial charge in [-0.1, -0.05) is 6.07 Å². The number of ether oxygens (including phenoxy) is 1. The Bertz CT molecular complexity index is 501. The van der Waals surface area contributed by atoms with E-state index in [-0.39, 0.29) is 4.47 Å². The van der Waals surface area contributed by atoms with Gasteiger partial charge in [0.1, 0.15) is 11.4 Å². The molecule has 20 heavy (non-hydrogen) atoms. The minimum Gasteiger partial charge on any atom is -0.444 e. The maximum atomic E-state index is 13.9. The molecule has 0 saturated carbocycles. The van der Waals surface area contributed by atoms with E-state index in [0.717, 1.165) is 6.07 Å². The number of hydrogen-bond acceptors (Lipinski definition) is 2. The molecule has 0 saturated heterocycles. The minimum atomic E-state index is -3.54. The van der Waals surface area contributed by atoms with Crippen molar-refractivity contribution in [3.63, 3.8) is 0 Å². The van der Waals surface area contributed by atoms with Crippen LogP contribution < -0.4 is 5.32 Å². The molecule has 0 heterocycles. The van der Waals surface area contributed by atoms with Gasteiger partial charge in [-0.25, -0.2) is 9.18 Å². The molecule has 1 amide bonds. The first kappa shape index (κ1) is 16.8. The molecule has 0 aliphatic rings. The number of halogens is 4. The topological polar surface area (TPSA) is 38.3 Å². The molecule has 0 atom stereocenters. The summed E-state index contributed by atoms with van der Waals surface area (Å²) in [5.41, 5.74) is -1.58. The maximum absolute atomic E-state index is 13.9. The number of nitrogens with one attached hydrogen (secondary N) is 1. The van der Waals surface area contributed by atoms with Gasteiger partial charge in [-0.3, -0.25) is 0 Å². The predicted molar refractivity (Wildman–Crippen MR) is 72.2 cm³/mol. The summed E-state index contributed by atoms with van der Waals surface area (Å²) >= 11 is 2.84. The summed E-state index contributed by atoms with van der Waals surface area (Å²) in [6.45, 7) is 3.78. The fourth-order valence-corrected chi connectivity index (χ4v) is 1.75. The first-order valence-electron chi connectivity index (χ1n) is 5.82. The van der Waals surface area contributed by atoms with Crippen LogP contribution in [-0.4, -0.2) is 18.2 Å². The zero-order valence-electron chi connectivity index (χ0n) is 11.3. The van der Waals surface area contributed by atoms with E-state index in [2.05, 4.69) is 15.9 Å². The van der Waals surface area contributed by atoms with Crippen molar-refractivity contribution in [2.75, 3.05) is 6.54 Å². The van der Waals surface area contributed by atoms with E-state index in [1.165, 1.54) is 12.1 Å². The number of carbonyl (C=O) groups excluding carboxylic acids is 1. The SMILES string of the molecule is CC(C)(C)OC(=O)NCC(F)(F)c1cccc(Br)c1F. The maximum Gasteiger partial charge on any atom is 0.407 e. The lowest BCUT2D eigenvalue weighted by molar-refractivity contribution is -0.0122. The normalized spacial score (nSPS) is 12.2. The van der Waals surface area contributed by atoms with E-state index in [9.17, 15) is 18.0 Å². The average molecular weight is 354 g/mol. The molecule has 112 valence electrons. The lowest BCUT2D eigenvalue weighted by Gasteiger charge is -2.22. The molecule has 0 bridgehead atoms. The quantitative estimate of drug-likeness (QED) is 0.883. The zero-order chi connectivity index (χ0) is 15.6. The first-order valence-corrected chi connectivity index (χ1v) is 6.61. The molecule has 0 fully saturated rings. The molecule has 1 rings (SSSR count). The van der Waals surface area contributed by atoms with Crippen LogP contribution in [0.5, 0.6) is 0 Å². The molecule has 0 aliphatic carbocycles. The van der Waals surface area contributed by atoms with Crippen molar-refractivity contribution in [2.24, 2.45) is 0 Å². The molecule has 0 aromatic heterocycles. The van der Waals surface area contributed by atoms with Gasteiger partial charge in [0.2, 0.25) is 0 Å². The Morgan fingerprint density at radius 2 is 1.95 bits per heavy atom. The van der Waals surface area contributed by atoms with Crippen LogP contribution in [0.25, 0.3) is 0 Å². The number of rotatable bonds is 3. The number of hydrogen-bond donors (Lipinski definition) is 1. The summed E-state index contributed by atoms with van der Waals surface area (Å²) in [6, 6.07) is 3.58. The number of carbonyl (C=O) groups is 1. The third-order valence-electron chi connectivity index (χ3n) is 2.20. The number of alkyl carbamates (subject to hydrolysis) is 1. The number of alkyl halides is 2. The van der Waals surface area contributed by atoms with Crippen LogP contribution in [0.1, 0.15) is 26.3 Å². The molecule has 1 N–H and O–H groups in total. The van der Waals surface area contributed by atoms with Gasteiger partial charge in [-0.05, 0) is 48.8 Å². The number of benzene rings is 1. The highest BCUT2D eigenvalue weighted by molar-refractivity contribution is 9.10. The molecule has 0 unspecified atom stereocenters. The van der Waals surface area contributed by atoms with E-state index in [1.807, 2.05) is 5.32 Å². The Hall–Kier alpha value is -1.24. The van der Waals surface area contributed by atoms with Gasteiger partial charge in [0.05, 0.1) is 16.6 Å². The van der Waals surface area contributed by atoms with E-state index < -0.39 is 35.5 Å². The van der Waals surface area contributed by atoms with Crippen molar-refractivity contribution in [3.05, 3.63) is 34.1 Å².